The number of piperidine rings is 1. The second-order valence-electron chi connectivity index (χ2n) is 6.16. The SMILES string of the molecule is c1ccc(-c2n[nH]c(C3CCN(Cc4ccc[nH]4)CC3)n2)cc1. The van der Waals surface area contributed by atoms with Gasteiger partial charge in [-0.15, -0.1) is 0 Å². The Hall–Kier alpha value is -2.40. The number of benzene rings is 1. The predicted octanol–water partition coefficient (Wildman–Crippen LogP) is 3.18. The van der Waals surface area contributed by atoms with Crippen LogP contribution in [0.25, 0.3) is 11.4 Å². The molecule has 0 bridgehead atoms. The molecule has 4 rings (SSSR count). The van der Waals surface area contributed by atoms with Gasteiger partial charge in [0.05, 0.1) is 0 Å². The Morgan fingerprint density at radius 3 is 2.61 bits per heavy atom. The summed E-state index contributed by atoms with van der Waals surface area (Å²) in [5.41, 5.74) is 2.36. The highest BCUT2D eigenvalue weighted by Crippen LogP contribution is 2.27. The number of hydrogen-bond acceptors (Lipinski definition) is 3. The smallest absolute Gasteiger partial charge is 0.181 e. The van der Waals surface area contributed by atoms with Crippen LogP contribution in [0.4, 0.5) is 0 Å². The minimum atomic E-state index is 0.486. The van der Waals surface area contributed by atoms with E-state index < -0.39 is 0 Å². The van der Waals surface area contributed by atoms with Crippen LogP contribution >= 0.6 is 0 Å². The largest absolute Gasteiger partial charge is 0.364 e. The van der Waals surface area contributed by atoms with E-state index in [1.54, 1.807) is 0 Å². The third kappa shape index (κ3) is 3.19. The number of hydrogen-bond donors (Lipinski definition) is 2. The molecule has 2 aromatic heterocycles. The second-order valence-corrected chi connectivity index (χ2v) is 6.16. The van der Waals surface area contributed by atoms with Gasteiger partial charge in [-0.1, -0.05) is 30.3 Å². The van der Waals surface area contributed by atoms with E-state index in [-0.39, 0.29) is 0 Å². The van der Waals surface area contributed by atoms with Crippen molar-refractivity contribution in [3.8, 4) is 11.4 Å². The molecule has 0 unspecified atom stereocenters. The minimum absolute atomic E-state index is 0.486. The van der Waals surface area contributed by atoms with Crippen LogP contribution in [0, 0.1) is 0 Å². The van der Waals surface area contributed by atoms with Crippen LogP contribution in [-0.4, -0.2) is 38.2 Å². The molecular formula is C18H21N5. The second kappa shape index (κ2) is 6.38. The molecule has 1 aliphatic heterocycles. The van der Waals surface area contributed by atoms with Crippen molar-refractivity contribution < 1.29 is 0 Å². The molecule has 1 saturated heterocycles. The van der Waals surface area contributed by atoms with Gasteiger partial charge in [-0.05, 0) is 38.1 Å². The maximum absolute atomic E-state index is 4.71. The number of likely N-dealkylation sites (tertiary alicyclic amines) is 1. The predicted molar refractivity (Wildman–Crippen MR) is 89.9 cm³/mol. The fourth-order valence-corrected chi connectivity index (χ4v) is 3.24. The fraction of sp³-hybridized carbons (Fsp3) is 0.333. The molecule has 0 aliphatic carbocycles. The lowest BCUT2D eigenvalue weighted by atomic mass is 9.96. The summed E-state index contributed by atoms with van der Waals surface area (Å²) in [4.78, 5) is 10.5. The summed E-state index contributed by atoms with van der Waals surface area (Å²) in [7, 11) is 0. The zero-order valence-electron chi connectivity index (χ0n) is 13.1. The van der Waals surface area contributed by atoms with Gasteiger partial charge in [0.2, 0.25) is 0 Å². The number of H-pyrrole nitrogens is 2. The molecule has 118 valence electrons. The first-order chi connectivity index (χ1) is 11.4. The lowest BCUT2D eigenvalue weighted by Crippen LogP contribution is -2.32. The van der Waals surface area contributed by atoms with Crippen molar-refractivity contribution >= 4 is 0 Å². The maximum Gasteiger partial charge on any atom is 0.181 e. The van der Waals surface area contributed by atoms with E-state index >= 15 is 0 Å². The van der Waals surface area contributed by atoms with E-state index in [1.165, 1.54) is 5.69 Å². The highest BCUT2D eigenvalue weighted by atomic mass is 15.2. The van der Waals surface area contributed by atoms with Gasteiger partial charge in [0.25, 0.3) is 0 Å². The van der Waals surface area contributed by atoms with Crippen LogP contribution < -0.4 is 0 Å². The van der Waals surface area contributed by atoms with Crippen LogP contribution in [0.5, 0.6) is 0 Å². The number of aromatic nitrogens is 4. The normalized spacial score (nSPS) is 16.7. The van der Waals surface area contributed by atoms with Gasteiger partial charge >= 0.3 is 0 Å². The van der Waals surface area contributed by atoms with Crippen molar-refractivity contribution in [3.05, 3.63) is 60.2 Å². The minimum Gasteiger partial charge on any atom is -0.364 e. The van der Waals surface area contributed by atoms with E-state index in [0.29, 0.717) is 5.92 Å². The standard InChI is InChI=1S/C18H21N5/c1-2-5-14(6-3-1)17-20-18(22-21-17)15-8-11-23(12-9-15)13-16-7-4-10-19-16/h1-7,10,15,19H,8-9,11-13H2,(H,20,21,22). The molecule has 0 spiro atoms. The van der Waals surface area contributed by atoms with Crippen molar-refractivity contribution in [1.82, 2.24) is 25.1 Å². The third-order valence-corrected chi connectivity index (χ3v) is 4.57. The molecule has 3 aromatic rings. The fourth-order valence-electron chi connectivity index (χ4n) is 3.24. The molecule has 0 saturated carbocycles. The molecule has 2 N–H and O–H groups in total. The Labute approximate surface area is 135 Å². The number of nitrogens with one attached hydrogen (secondary N) is 2. The summed E-state index contributed by atoms with van der Waals surface area (Å²) in [6, 6.07) is 14.3. The Kier molecular flexibility index (Phi) is 3.94. The van der Waals surface area contributed by atoms with Gasteiger partial charge in [0.15, 0.2) is 5.82 Å². The van der Waals surface area contributed by atoms with E-state index in [1.807, 2.05) is 36.5 Å². The summed E-state index contributed by atoms with van der Waals surface area (Å²) in [6.07, 6.45) is 4.25. The first-order valence-corrected chi connectivity index (χ1v) is 8.21. The summed E-state index contributed by atoms with van der Waals surface area (Å²) in [6.45, 7) is 3.21. The average molecular weight is 307 g/mol. The topological polar surface area (TPSA) is 60.6 Å². The van der Waals surface area contributed by atoms with E-state index in [4.69, 9.17) is 4.98 Å². The molecule has 0 atom stereocenters. The van der Waals surface area contributed by atoms with Crippen molar-refractivity contribution in [2.45, 2.75) is 25.3 Å². The molecule has 1 aliphatic rings. The summed E-state index contributed by atoms with van der Waals surface area (Å²) < 4.78 is 0. The van der Waals surface area contributed by atoms with Gasteiger partial charge in [-0.2, -0.15) is 5.10 Å². The first-order valence-electron chi connectivity index (χ1n) is 8.21. The van der Waals surface area contributed by atoms with Crippen LogP contribution in [-0.2, 0) is 6.54 Å². The number of nitrogens with zero attached hydrogens (tertiary/aromatic N) is 3. The molecule has 1 aromatic carbocycles. The van der Waals surface area contributed by atoms with Gasteiger partial charge in [-0.25, -0.2) is 4.98 Å². The summed E-state index contributed by atoms with van der Waals surface area (Å²) in [5, 5.41) is 7.54. The van der Waals surface area contributed by atoms with Crippen molar-refractivity contribution in [3.63, 3.8) is 0 Å². The lowest BCUT2D eigenvalue weighted by Gasteiger charge is -2.30. The zero-order valence-corrected chi connectivity index (χ0v) is 13.1. The average Bonchev–Trinajstić information content (AvgIpc) is 3.28. The molecule has 1 fully saturated rings. The van der Waals surface area contributed by atoms with Crippen molar-refractivity contribution in [2.24, 2.45) is 0 Å². The van der Waals surface area contributed by atoms with Crippen molar-refractivity contribution in [2.75, 3.05) is 13.1 Å². The Bertz CT molecular complexity index is 724. The summed E-state index contributed by atoms with van der Waals surface area (Å²) in [5.74, 6) is 2.32. The molecule has 0 amide bonds. The first kappa shape index (κ1) is 14.2. The van der Waals surface area contributed by atoms with Gasteiger partial charge < -0.3 is 4.98 Å². The zero-order chi connectivity index (χ0) is 15.5. The number of rotatable bonds is 4. The van der Waals surface area contributed by atoms with E-state index in [9.17, 15) is 0 Å². The maximum atomic E-state index is 4.71. The lowest BCUT2D eigenvalue weighted by molar-refractivity contribution is 0.200. The highest BCUT2D eigenvalue weighted by molar-refractivity contribution is 5.53. The van der Waals surface area contributed by atoms with Gasteiger partial charge in [-0.3, -0.25) is 10.00 Å². The molecule has 3 heterocycles. The quantitative estimate of drug-likeness (QED) is 0.778. The third-order valence-electron chi connectivity index (χ3n) is 4.57. The Morgan fingerprint density at radius 1 is 1.04 bits per heavy atom. The van der Waals surface area contributed by atoms with Crippen LogP contribution in [0.15, 0.2) is 48.7 Å². The van der Waals surface area contributed by atoms with E-state index in [0.717, 1.165) is 49.7 Å². The highest BCUT2D eigenvalue weighted by Gasteiger charge is 2.23. The number of aromatic amines is 2. The monoisotopic (exact) mass is 307 g/mol. The van der Waals surface area contributed by atoms with Crippen molar-refractivity contribution in [1.29, 1.82) is 0 Å². The van der Waals surface area contributed by atoms with Crippen LogP contribution in [0.2, 0.25) is 0 Å². The van der Waals surface area contributed by atoms with Crippen LogP contribution in [0.1, 0.15) is 30.3 Å². The molecule has 5 nitrogen and oxygen atoms in total. The Morgan fingerprint density at radius 2 is 1.87 bits per heavy atom. The van der Waals surface area contributed by atoms with Gasteiger partial charge in [0.1, 0.15) is 5.82 Å². The molecule has 0 radical (unpaired) electrons. The molecule has 5 heteroatoms. The molecular weight excluding hydrogens is 286 g/mol. The van der Waals surface area contributed by atoms with Gasteiger partial charge in [0, 0.05) is 29.9 Å². The van der Waals surface area contributed by atoms with E-state index in [2.05, 4.69) is 32.2 Å². The Balaban J connectivity index is 1.38. The van der Waals surface area contributed by atoms with Crippen LogP contribution in [0.3, 0.4) is 0 Å². The molecule has 23 heavy (non-hydrogen) atoms. The summed E-state index contributed by atoms with van der Waals surface area (Å²) >= 11 is 0.